The molecule has 0 atom stereocenters. The van der Waals surface area contributed by atoms with Crippen molar-refractivity contribution < 1.29 is 14.6 Å². The Morgan fingerprint density at radius 1 is 1.48 bits per heavy atom. The SMILES string of the molecule is CC(C)OCCn1c(C2CC2)nc2ccc(C(=O)O)cc21. The van der Waals surface area contributed by atoms with Crippen molar-refractivity contribution in [3.63, 3.8) is 0 Å². The van der Waals surface area contributed by atoms with Crippen molar-refractivity contribution in [1.29, 1.82) is 0 Å². The van der Waals surface area contributed by atoms with Gasteiger partial charge in [-0.25, -0.2) is 9.78 Å². The Bertz CT molecular complexity index is 671. The molecule has 1 heterocycles. The number of carboxylic acids is 1. The van der Waals surface area contributed by atoms with Gasteiger partial charge >= 0.3 is 5.97 Å². The minimum atomic E-state index is -0.906. The predicted molar refractivity (Wildman–Crippen MR) is 79.8 cm³/mol. The summed E-state index contributed by atoms with van der Waals surface area (Å²) < 4.78 is 7.76. The average Bonchev–Trinajstić information content (AvgIpc) is 3.21. The van der Waals surface area contributed by atoms with Gasteiger partial charge in [-0.15, -0.1) is 0 Å². The largest absolute Gasteiger partial charge is 0.478 e. The van der Waals surface area contributed by atoms with Crippen molar-refractivity contribution in [1.82, 2.24) is 9.55 Å². The molecular weight excluding hydrogens is 268 g/mol. The van der Waals surface area contributed by atoms with Gasteiger partial charge in [-0.3, -0.25) is 0 Å². The fourth-order valence-electron chi connectivity index (χ4n) is 2.54. The van der Waals surface area contributed by atoms with Crippen molar-refractivity contribution in [2.45, 2.75) is 45.3 Å². The molecular formula is C16H20N2O3. The Balaban J connectivity index is 1.97. The Morgan fingerprint density at radius 3 is 2.86 bits per heavy atom. The van der Waals surface area contributed by atoms with Gasteiger partial charge in [0.15, 0.2) is 0 Å². The second-order valence-electron chi connectivity index (χ2n) is 5.82. The predicted octanol–water partition coefficient (Wildman–Crippen LogP) is 3.04. The standard InChI is InChI=1S/C16H20N2O3/c1-10(2)21-8-7-18-14-9-12(16(19)20)5-6-13(14)17-15(18)11-3-4-11/h5-6,9-11H,3-4,7-8H2,1-2H3,(H,19,20). The molecule has 112 valence electrons. The maximum absolute atomic E-state index is 11.2. The number of aromatic carboxylic acids is 1. The molecule has 1 aromatic heterocycles. The number of benzene rings is 1. The molecule has 1 saturated carbocycles. The van der Waals surface area contributed by atoms with Gasteiger partial charge in [0, 0.05) is 12.5 Å². The number of fused-ring (bicyclic) bond motifs is 1. The first-order valence-corrected chi connectivity index (χ1v) is 7.41. The molecule has 1 fully saturated rings. The fraction of sp³-hybridized carbons (Fsp3) is 0.500. The quantitative estimate of drug-likeness (QED) is 0.887. The zero-order chi connectivity index (χ0) is 15.0. The van der Waals surface area contributed by atoms with E-state index in [0.29, 0.717) is 24.6 Å². The van der Waals surface area contributed by atoms with Crippen LogP contribution in [0.5, 0.6) is 0 Å². The number of nitrogens with zero attached hydrogens (tertiary/aromatic N) is 2. The summed E-state index contributed by atoms with van der Waals surface area (Å²) in [7, 11) is 0. The molecule has 21 heavy (non-hydrogen) atoms. The molecule has 0 aliphatic heterocycles. The minimum absolute atomic E-state index is 0.193. The van der Waals surface area contributed by atoms with Crippen molar-refractivity contribution in [2.75, 3.05) is 6.61 Å². The number of hydrogen-bond donors (Lipinski definition) is 1. The van der Waals surface area contributed by atoms with Gasteiger partial charge in [0.25, 0.3) is 0 Å². The molecule has 0 saturated heterocycles. The topological polar surface area (TPSA) is 64.4 Å². The number of rotatable bonds is 6. The fourth-order valence-corrected chi connectivity index (χ4v) is 2.54. The summed E-state index contributed by atoms with van der Waals surface area (Å²) in [4.78, 5) is 15.8. The first kappa shape index (κ1) is 14.1. The van der Waals surface area contributed by atoms with Crippen LogP contribution in [-0.4, -0.2) is 33.3 Å². The van der Waals surface area contributed by atoms with Gasteiger partial charge < -0.3 is 14.4 Å². The number of carbonyl (C=O) groups is 1. The molecule has 1 aromatic carbocycles. The maximum atomic E-state index is 11.2. The van der Waals surface area contributed by atoms with Gasteiger partial charge in [0.05, 0.1) is 29.3 Å². The molecule has 0 bridgehead atoms. The molecule has 1 N–H and O–H groups in total. The van der Waals surface area contributed by atoms with E-state index in [9.17, 15) is 4.79 Å². The molecule has 0 amide bonds. The van der Waals surface area contributed by atoms with Crippen molar-refractivity contribution >= 4 is 17.0 Å². The van der Waals surface area contributed by atoms with E-state index in [1.54, 1.807) is 18.2 Å². The summed E-state index contributed by atoms with van der Waals surface area (Å²) >= 11 is 0. The van der Waals surface area contributed by atoms with Crippen LogP contribution in [0.2, 0.25) is 0 Å². The third-order valence-corrected chi connectivity index (χ3v) is 3.73. The Kier molecular flexibility index (Phi) is 3.68. The molecule has 0 spiro atoms. The van der Waals surface area contributed by atoms with Gasteiger partial charge in [0.2, 0.25) is 0 Å². The smallest absolute Gasteiger partial charge is 0.335 e. The molecule has 0 radical (unpaired) electrons. The lowest BCUT2D eigenvalue weighted by atomic mass is 10.2. The van der Waals surface area contributed by atoms with E-state index in [-0.39, 0.29) is 6.10 Å². The first-order chi connectivity index (χ1) is 10.1. The monoisotopic (exact) mass is 288 g/mol. The number of imidazole rings is 1. The van der Waals surface area contributed by atoms with Crippen LogP contribution in [0.25, 0.3) is 11.0 Å². The normalized spacial score (nSPS) is 15.0. The highest BCUT2D eigenvalue weighted by Crippen LogP contribution is 2.40. The van der Waals surface area contributed by atoms with Gasteiger partial charge in [-0.05, 0) is 44.9 Å². The van der Waals surface area contributed by atoms with Crippen LogP contribution in [-0.2, 0) is 11.3 Å². The lowest BCUT2D eigenvalue weighted by Crippen LogP contribution is -2.12. The van der Waals surface area contributed by atoms with Crippen LogP contribution >= 0.6 is 0 Å². The van der Waals surface area contributed by atoms with E-state index in [4.69, 9.17) is 9.84 Å². The lowest BCUT2D eigenvalue weighted by molar-refractivity contribution is 0.0697. The van der Waals surface area contributed by atoms with Crippen LogP contribution in [0, 0.1) is 0 Å². The summed E-state index contributed by atoms with van der Waals surface area (Å²) in [5.41, 5.74) is 2.06. The van der Waals surface area contributed by atoms with Crippen LogP contribution in [0.15, 0.2) is 18.2 Å². The number of ether oxygens (including phenoxy) is 1. The summed E-state index contributed by atoms with van der Waals surface area (Å²) in [5, 5.41) is 9.16. The molecule has 5 heteroatoms. The van der Waals surface area contributed by atoms with Gasteiger partial charge in [-0.2, -0.15) is 0 Å². The van der Waals surface area contributed by atoms with Gasteiger partial charge in [0.1, 0.15) is 5.82 Å². The summed E-state index contributed by atoms with van der Waals surface area (Å²) in [5.74, 6) is 0.681. The van der Waals surface area contributed by atoms with E-state index in [0.717, 1.165) is 16.9 Å². The average molecular weight is 288 g/mol. The third kappa shape index (κ3) is 2.93. The van der Waals surface area contributed by atoms with Crippen molar-refractivity contribution in [2.24, 2.45) is 0 Å². The number of carboxylic acid groups (broad SMARTS) is 1. The maximum Gasteiger partial charge on any atom is 0.335 e. The Morgan fingerprint density at radius 2 is 2.24 bits per heavy atom. The number of hydrogen-bond acceptors (Lipinski definition) is 3. The van der Waals surface area contributed by atoms with E-state index >= 15 is 0 Å². The number of aromatic nitrogens is 2. The summed E-state index contributed by atoms with van der Waals surface area (Å²) in [6, 6.07) is 5.12. The summed E-state index contributed by atoms with van der Waals surface area (Å²) in [6.07, 6.45) is 2.53. The van der Waals surface area contributed by atoms with E-state index in [2.05, 4.69) is 9.55 Å². The third-order valence-electron chi connectivity index (χ3n) is 3.73. The van der Waals surface area contributed by atoms with Crippen LogP contribution in [0.1, 0.15) is 48.8 Å². The second kappa shape index (κ2) is 5.48. The summed E-state index contributed by atoms with van der Waals surface area (Å²) in [6.45, 7) is 5.34. The van der Waals surface area contributed by atoms with E-state index in [1.165, 1.54) is 12.8 Å². The van der Waals surface area contributed by atoms with Crippen molar-refractivity contribution in [3.05, 3.63) is 29.6 Å². The second-order valence-corrected chi connectivity index (χ2v) is 5.82. The first-order valence-electron chi connectivity index (χ1n) is 7.41. The van der Waals surface area contributed by atoms with E-state index < -0.39 is 5.97 Å². The molecule has 0 unspecified atom stereocenters. The Hall–Kier alpha value is -1.88. The molecule has 1 aliphatic carbocycles. The molecule has 3 rings (SSSR count). The van der Waals surface area contributed by atoms with Crippen LogP contribution in [0.4, 0.5) is 0 Å². The molecule has 2 aromatic rings. The zero-order valence-corrected chi connectivity index (χ0v) is 12.4. The minimum Gasteiger partial charge on any atom is -0.478 e. The highest BCUT2D eigenvalue weighted by molar-refractivity contribution is 5.92. The Labute approximate surface area is 123 Å². The van der Waals surface area contributed by atoms with Gasteiger partial charge in [-0.1, -0.05) is 0 Å². The molecule has 5 nitrogen and oxygen atoms in total. The van der Waals surface area contributed by atoms with Crippen LogP contribution in [0.3, 0.4) is 0 Å². The highest BCUT2D eigenvalue weighted by atomic mass is 16.5. The van der Waals surface area contributed by atoms with E-state index in [1.807, 2.05) is 13.8 Å². The zero-order valence-electron chi connectivity index (χ0n) is 12.4. The van der Waals surface area contributed by atoms with Crippen LogP contribution < -0.4 is 0 Å². The van der Waals surface area contributed by atoms with Crippen molar-refractivity contribution in [3.8, 4) is 0 Å². The highest BCUT2D eigenvalue weighted by Gasteiger charge is 2.29. The lowest BCUT2D eigenvalue weighted by Gasteiger charge is -2.11. The molecule has 1 aliphatic rings.